The van der Waals surface area contributed by atoms with Crippen LogP contribution in [0, 0.1) is 22.7 Å². The van der Waals surface area contributed by atoms with Crippen molar-refractivity contribution in [3.8, 4) is 22.6 Å². The number of hydrogen-bond acceptors (Lipinski definition) is 4. The summed E-state index contributed by atoms with van der Waals surface area (Å²) < 4.78 is 0. The van der Waals surface area contributed by atoms with Gasteiger partial charge in [0.2, 0.25) is 0 Å². The molecular formula is C20H17N3S. The highest BCUT2D eigenvalue weighted by Gasteiger charge is 2.43. The number of benzene rings is 1. The van der Waals surface area contributed by atoms with E-state index < -0.39 is 0 Å². The standard InChI is InChI=1S/C20H17N3S/c21-11-8-19-20(9-2-1-3-10-20)16-12-14(4-6-17(16)23-19)18-7-5-15(13-22)24-18/h4-8,12,23H,1-3,9-10H2/b19-8-. The van der Waals surface area contributed by atoms with E-state index in [1.54, 1.807) is 6.08 Å². The SMILES string of the molecule is N#C/C=C1\Nc2ccc(-c3ccc(C#N)s3)cc2C12CCCCC2. The van der Waals surface area contributed by atoms with E-state index in [9.17, 15) is 5.26 Å². The van der Waals surface area contributed by atoms with Gasteiger partial charge in [-0.15, -0.1) is 11.3 Å². The van der Waals surface area contributed by atoms with E-state index in [0.29, 0.717) is 0 Å². The van der Waals surface area contributed by atoms with Gasteiger partial charge in [-0.3, -0.25) is 0 Å². The molecule has 4 heteroatoms. The smallest absolute Gasteiger partial charge is 0.110 e. The average Bonchev–Trinajstić information content (AvgIpc) is 3.20. The van der Waals surface area contributed by atoms with E-state index in [-0.39, 0.29) is 5.41 Å². The first kappa shape index (κ1) is 15.0. The fourth-order valence-corrected chi connectivity index (χ4v) is 4.90. The minimum atomic E-state index is -0.0331. The van der Waals surface area contributed by atoms with Crippen LogP contribution >= 0.6 is 11.3 Å². The molecule has 2 heterocycles. The Morgan fingerprint density at radius 3 is 2.62 bits per heavy atom. The molecule has 118 valence electrons. The van der Waals surface area contributed by atoms with Crippen LogP contribution in [0.5, 0.6) is 0 Å². The molecule has 4 rings (SSSR count). The molecule has 0 saturated heterocycles. The molecule has 1 aliphatic carbocycles. The highest BCUT2D eigenvalue weighted by molar-refractivity contribution is 7.16. The Kier molecular flexibility index (Phi) is 3.63. The molecule has 24 heavy (non-hydrogen) atoms. The summed E-state index contributed by atoms with van der Waals surface area (Å²) in [6.07, 6.45) is 7.55. The van der Waals surface area contributed by atoms with Crippen molar-refractivity contribution in [3.63, 3.8) is 0 Å². The van der Waals surface area contributed by atoms with Gasteiger partial charge in [-0.2, -0.15) is 10.5 Å². The summed E-state index contributed by atoms with van der Waals surface area (Å²) in [5, 5.41) is 21.7. The number of allylic oxidation sites excluding steroid dienone is 2. The Balaban J connectivity index is 1.83. The summed E-state index contributed by atoms with van der Waals surface area (Å²) in [6, 6.07) is 14.8. The first-order valence-corrected chi connectivity index (χ1v) is 9.11. The minimum Gasteiger partial charge on any atom is -0.357 e. The molecule has 0 radical (unpaired) electrons. The summed E-state index contributed by atoms with van der Waals surface area (Å²) in [4.78, 5) is 1.86. The third kappa shape index (κ3) is 2.23. The fraction of sp³-hybridized carbons (Fsp3) is 0.300. The predicted octanol–water partition coefficient (Wildman–Crippen LogP) is 5.32. The summed E-state index contributed by atoms with van der Waals surface area (Å²) in [5.74, 6) is 0. The van der Waals surface area contributed by atoms with Crippen molar-refractivity contribution >= 4 is 17.0 Å². The van der Waals surface area contributed by atoms with Gasteiger partial charge >= 0.3 is 0 Å². The normalized spacial score (nSPS) is 19.5. The molecule has 2 aromatic rings. The highest BCUT2D eigenvalue weighted by Crippen LogP contribution is 2.53. The van der Waals surface area contributed by atoms with Crippen molar-refractivity contribution in [1.82, 2.24) is 0 Å². The minimum absolute atomic E-state index is 0.0331. The molecule has 1 spiro atoms. The van der Waals surface area contributed by atoms with Crippen molar-refractivity contribution in [1.29, 1.82) is 10.5 Å². The largest absolute Gasteiger partial charge is 0.357 e. The zero-order chi connectivity index (χ0) is 16.6. The number of anilines is 1. The molecule has 0 unspecified atom stereocenters. The maximum atomic E-state index is 9.19. The second-order valence-corrected chi connectivity index (χ2v) is 7.57. The zero-order valence-corrected chi connectivity index (χ0v) is 14.1. The van der Waals surface area contributed by atoms with Gasteiger partial charge in [0.15, 0.2) is 0 Å². The lowest BCUT2D eigenvalue weighted by molar-refractivity contribution is 0.350. The lowest BCUT2D eigenvalue weighted by Gasteiger charge is -2.34. The molecular weight excluding hydrogens is 314 g/mol. The molecule has 1 aliphatic heterocycles. The van der Waals surface area contributed by atoms with Crippen LogP contribution in [0.1, 0.15) is 42.5 Å². The molecule has 2 aliphatic rings. The van der Waals surface area contributed by atoms with Gasteiger partial charge in [-0.25, -0.2) is 0 Å². The summed E-state index contributed by atoms with van der Waals surface area (Å²) >= 11 is 1.53. The quantitative estimate of drug-likeness (QED) is 0.719. The lowest BCUT2D eigenvalue weighted by Crippen LogP contribution is -2.29. The summed E-state index contributed by atoms with van der Waals surface area (Å²) in [7, 11) is 0. The number of nitrogens with one attached hydrogen (secondary N) is 1. The van der Waals surface area contributed by atoms with Crippen LogP contribution < -0.4 is 5.32 Å². The van der Waals surface area contributed by atoms with Gasteiger partial charge in [-0.1, -0.05) is 25.3 Å². The maximum Gasteiger partial charge on any atom is 0.110 e. The van der Waals surface area contributed by atoms with Crippen molar-refractivity contribution in [3.05, 3.63) is 52.5 Å². The van der Waals surface area contributed by atoms with Crippen LogP contribution in [0.25, 0.3) is 10.4 Å². The second kappa shape index (κ2) is 5.82. The number of rotatable bonds is 1. The van der Waals surface area contributed by atoms with Gasteiger partial charge in [0, 0.05) is 27.8 Å². The Morgan fingerprint density at radius 2 is 1.92 bits per heavy atom. The van der Waals surface area contributed by atoms with E-state index in [2.05, 4.69) is 35.7 Å². The number of hydrogen-bond donors (Lipinski definition) is 1. The molecule has 1 N–H and O–H groups in total. The Labute approximate surface area is 145 Å². The van der Waals surface area contributed by atoms with Gasteiger partial charge in [0.1, 0.15) is 10.9 Å². The molecule has 1 aromatic heterocycles. The van der Waals surface area contributed by atoms with Gasteiger partial charge in [0.25, 0.3) is 0 Å². The first-order chi connectivity index (χ1) is 11.8. The molecule has 1 aromatic carbocycles. The van der Waals surface area contributed by atoms with E-state index >= 15 is 0 Å². The Hall–Kier alpha value is -2.56. The molecule has 0 bridgehead atoms. The van der Waals surface area contributed by atoms with Crippen LogP contribution in [0.2, 0.25) is 0 Å². The Bertz CT molecular complexity index is 902. The third-order valence-corrected chi connectivity index (χ3v) is 6.28. The number of nitrogens with zero attached hydrogens (tertiary/aromatic N) is 2. The van der Waals surface area contributed by atoms with Crippen LogP contribution in [0.3, 0.4) is 0 Å². The van der Waals surface area contributed by atoms with Crippen LogP contribution in [-0.4, -0.2) is 0 Å². The van der Waals surface area contributed by atoms with E-state index in [0.717, 1.165) is 39.5 Å². The monoisotopic (exact) mass is 331 g/mol. The van der Waals surface area contributed by atoms with Crippen molar-refractivity contribution in [2.24, 2.45) is 0 Å². The van der Waals surface area contributed by atoms with Crippen LogP contribution in [0.4, 0.5) is 5.69 Å². The van der Waals surface area contributed by atoms with Gasteiger partial charge < -0.3 is 5.32 Å². The molecule has 1 saturated carbocycles. The first-order valence-electron chi connectivity index (χ1n) is 8.29. The van der Waals surface area contributed by atoms with E-state index in [4.69, 9.17) is 5.26 Å². The average molecular weight is 331 g/mol. The molecule has 1 fully saturated rings. The van der Waals surface area contributed by atoms with Crippen molar-refractivity contribution in [2.75, 3.05) is 5.32 Å². The van der Waals surface area contributed by atoms with E-state index in [1.807, 2.05) is 12.1 Å². The molecule has 0 amide bonds. The molecule has 3 nitrogen and oxygen atoms in total. The summed E-state index contributed by atoms with van der Waals surface area (Å²) in [5.41, 5.74) is 4.62. The van der Waals surface area contributed by atoms with Crippen molar-refractivity contribution in [2.45, 2.75) is 37.5 Å². The fourth-order valence-electron chi connectivity index (χ4n) is 4.10. The van der Waals surface area contributed by atoms with Gasteiger partial charge in [0.05, 0.1) is 6.07 Å². The Morgan fingerprint density at radius 1 is 1.08 bits per heavy atom. The van der Waals surface area contributed by atoms with Crippen molar-refractivity contribution < 1.29 is 0 Å². The van der Waals surface area contributed by atoms with Crippen LogP contribution in [-0.2, 0) is 5.41 Å². The topological polar surface area (TPSA) is 59.6 Å². The predicted molar refractivity (Wildman–Crippen MR) is 96.6 cm³/mol. The summed E-state index contributed by atoms with van der Waals surface area (Å²) in [6.45, 7) is 0. The van der Waals surface area contributed by atoms with E-state index in [1.165, 1.54) is 36.2 Å². The highest BCUT2D eigenvalue weighted by atomic mass is 32.1. The number of nitriles is 2. The number of fused-ring (bicyclic) bond motifs is 2. The third-order valence-electron chi connectivity index (χ3n) is 5.24. The zero-order valence-electron chi connectivity index (χ0n) is 13.3. The number of thiophene rings is 1. The molecule has 0 atom stereocenters. The maximum absolute atomic E-state index is 9.19. The van der Waals surface area contributed by atoms with Crippen LogP contribution in [0.15, 0.2) is 42.1 Å². The van der Waals surface area contributed by atoms with Gasteiger partial charge in [-0.05, 0) is 48.2 Å². The second-order valence-electron chi connectivity index (χ2n) is 6.49. The lowest BCUT2D eigenvalue weighted by atomic mass is 9.68.